The lowest BCUT2D eigenvalue weighted by Gasteiger charge is -2.17. The maximum Gasteiger partial charge on any atom is 0.210 e. The first-order valence-corrected chi connectivity index (χ1v) is 6.72. The van der Waals surface area contributed by atoms with Crippen LogP contribution in [0.3, 0.4) is 0 Å². The summed E-state index contributed by atoms with van der Waals surface area (Å²) in [6.45, 7) is 0.812. The highest BCUT2D eigenvalue weighted by Gasteiger charge is 2.26. The predicted molar refractivity (Wildman–Crippen MR) is 75.3 cm³/mol. The molecule has 1 N–H and O–H groups in total. The minimum Gasteiger partial charge on any atom is -0.497 e. The second-order valence-corrected chi connectivity index (χ2v) is 4.91. The highest BCUT2D eigenvalue weighted by Crippen LogP contribution is 2.30. The van der Waals surface area contributed by atoms with Crippen LogP contribution >= 0.6 is 0 Å². The Morgan fingerprint density at radius 1 is 1.40 bits per heavy atom. The topological polar surface area (TPSA) is 58.2 Å². The van der Waals surface area contributed by atoms with Crippen LogP contribution in [0.4, 0.5) is 0 Å². The Hall–Kier alpha value is -2.30. The molecule has 5 nitrogen and oxygen atoms in total. The van der Waals surface area contributed by atoms with E-state index in [1.165, 1.54) is 0 Å². The van der Waals surface area contributed by atoms with Crippen molar-refractivity contribution in [2.75, 3.05) is 13.7 Å². The molecule has 104 valence electrons. The number of hydrogen-bond acceptors (Lipinski definition) is 3. The summed E-state index contributed by atoms with van der Waals surface area (Å²) in [5.41, 5.74) is 2.01. The molecule has 1 atom stereocenters. The molecule has 0 spiro atoms. The minimum absolute atomic E-state index is 0.0829. The summed E-state index contributed by atoms with van der Waals surface area (Å²) in [7, 11) is 1.65. The van der Waals surface area contributed by atoms with Crippen LogP contribution in [0, 0.1) is 0 Å². The lowest BCUT2D eigenvalue weighted by Crippen LogP contribution is -2.21. The van der Waals surface area contributed by atoms with Gasteiger partial charge in [-0.05, 0) is 42.7 Å². The number of ether oxygens (including phenoxy) is 1. The quantitative estimate of drug-likeness (QED) is 0.869. The van der Waals surface area contributed by atoms with Gasteiger partial charge >= 0.3 is 0 Å². The van der Waals surface area contributed by atoms with E-state index in [0.29, 0.717) is 0 Å². The van der Waals surface area contributed by atoms with E-state index in [1.54, 1.807) is 12.0 Å². The lowest BCUT2D eigenvalue weighted by molar-refractivity contribution is -0.119. The average molecular weight is 271 g/mol. The van der Waals surface area contributed by atoms with Crippen LogP contribution < -0.4 is 4.74 Å². The molecule has 3 rings (SSSR count). The van der Waals surface area contributed by atoms with Gasteiger partial charge in [-0.2, -0.15) is 0 Å². The summed E-state index contributed by atoms with van der Waals surface area (Å²) >= 11 is 0. The number of carbonyl (C=O) groups is 1. The molecule has 5 heteroatoms. The second kappa shape index (κ2) is 5.36. The summed E-state index contributed by atoms with van der Waals surface area (Å²) < 4.78 is 5.15. The zero-order valence-corrected chi connectivity index (χ0v) is 11.4. The number of hydrogen-bond donors (Lipinski definition) is 1. The van der Waals surface area contributed by atoms with Gasteiger partial charge in [-0.3, -0.25) is 4.79 Å². The van der Waals surface area contributed by atoms with Crippen molar-refractivity contribution in [1.29, 1.82) is 0 Å². The smallest absolute Gasteiger partial charge is 0.210 e. The molecule has 1 aromatic carbocycles. The number of benzene rings is 1. The van der Waals surface area contributed by atoms with Gasteiger partial charge < -0.3 is 14.6 Å². The molecule has 0 aliphatic carbocycles. The van der Waals surface area contributed by atoms with E-state index in [0.717, 1.165) is 48.6 Å². The highest BCUT2D eigenvalue weighted by atomic mass is 16.5. The maximum absolute atomic E-state index is 11.0. The Morgan fingerprint density at radius 2 is 2.20 bits per heavy atom. The van der Waals surface area contributed by atoms with Crippen LogP contribution in [0.1, 0.15) is 24.7 Å². The predicted octanol–water partition coefficient (Wildman–Crippen LogP) is 2.38. The Morgan fingerprint density at radius 3 is 2.90 bits per heavy atom. The van der Waals surface area contributed by atoms with E-state index in [-0.39, 0.29) is 6.04 Å². The molecule has 1 saturated heterocycles. The monoisotopic (exact) mass is 271 g/mol. The van der Waals surface area contributed by atoms with Gasteiger partial charge in [-0.1, -0.05) is 0 Å². The van der Waals surface area contributed by atoms with Crippen molar-refractivity contribution in [3.05, 3.63) is 36.3 Å². The number of amides is 1. The normalized spacial score (nSPS) is 18.2. The summed E-state index contributed by atoms with van der Waals surface area (Å²) in [6, 6.07) is 7.90. The first kappa shape index (κ1) is 12.7. The van der Waals surface area contributed by atoms with E-state index in [4.69, 9.17) is 4.74 Å². The van der Waals surface area contributed by atoms with E-state index < -0.39 is 0 Å². The third kappa shape index (κ3) is 2.27. The largest absolute Gasteiger partial charge is 0.497 e. The van der Waals surface area contributed by atoms with Crippen LogP contribution in [-0.2, 0) is 4.79 Å². The summed E-state index contributed by atoms with van der Waals surface area (Å²) in [4.78, 5) is 20.6. The highest BCUT2D eigenvalue weighted by molar-refractivity contribution is 5.59. The number of rotatable bonds is 4. The summed E-state index contributed by atoms with van der Waals surface area (Å²) in [5, 5.41) is 0. The molecule has 1 aliphatic heterocycles. The van der Waals surface area contributed by atoms with Crippen molar-refractivity contribution in [2.45, 2.75) is 18.9 Å². The van der Waals surface area contributed by atoms with Crippen molar-refractivity contribution in [3.63, 3.8) is 0 Å². The van der Waals surface area contributed by atoms with Gasteiger partial charge in [0.05, 0.1) is 25.0 Å². The van der Waals surface area contributed by atoms with Crippen molar-refractivity contribution in [2.24, 2.45) is 0 Å². The Kier molecular flexibility index (Phi) is 3.41. The number of nitrogens with zero attached hydrogens (tertiary/aromatic N) is 2. The molecule has 0 bridgehead atoms. The van der Waals surface area contributed by atoms with Gasteiger partial charge in [0, 0.05) is 6.54 Å². The fourth-order valence-electron chi connectivity index (χ4n) is 2.63. The Bertz CT molecular complexity index is 591. The number of carbonyl (C=O) groups excluding carboxylic acids is 1. The fourth-order valence-corrected chi connectivity index (χ4v) is 2.63. The number of likely N-dealkylation sites (tertiary alicyclic amines) is 1. The molecular formula is C15H17N3O2. The van der Waals surface area contributed by atoms with Gasteiger partial charge in [-0.15, -0.1) is 0 Å². The van der Waals surface area contributed by atoms with Gasteiger partial charge in [0.1, 0.15) is 11.6 Å². The molecule has 1 unspecified atom stereocenters. The number of aromatic nitrogens is 2. The van der Waals surface area contributed by atoms with Crippen molar-refractivity contribution in [1.82, 2.24) is 14.9 Å². The van der Waals surface area contributed by atoms with Gasteiger partial charge in [-0.25, -0.2) is 4.98 Å². The molecule has 1 aliphatic rings. The van der Waals surface area contributed by atoms with E-state index in [1.807, 2.05) is 30.5 Å². The molecular weight excluding hydrogens is 254 g/mol. The number of imidazole rings is 1. The summed E-state index contributed by atoms with van der Waals surface area (Å²) in [5.74, 6) is 1.69. The molecule has 1 fully saturated rings. The molecule has 0 saturated carbocycles. The first-order valence-electron chi connectivity index (χ1n) is 6.72. The number of H-pyrrole nitrogens is 1. The first-order chi connectivity index (χ1) is 9.81. The molecule has 1 amide bonds. The van der Waals surface area contributed by atoms with Crippen LogP contribution in [0.25, 0.3) is 11.3 Å². The fraction of sp³-hybridized carbons (Fsp3) is 0.333. The third-order valence-corrected chi connectivity index (χ3v) is 3.74. The molecule has 1 aromatic heterocycles. The van der Waals surface area contributed by atoms with Gasteiger partial charge in [0.2, 0.25) is 6.41 Å². The third-order valence-electron chi connectivity index (χ3n) is 3.74. The van der Waals surface area contributed by atoms with Crippen molar-refractivity contribution in [3.8, 4) is 17.0 Å². The van der Waals surface area contributed by atoms with E-state index in [9.17, 15) is 4.79 Å². The Labute approximate surface area is 117 Å². The zero-order chi connectivity index (χ0) is 13.9. The van der Waals surface area contributed by atoms with Gasteiger partial charge in [0.25, 0.3) is 0 Å². The van der Waals surface area contributed by atoms with Crippen LogP contribution in [0.15, 0.2) is 30.5 Å². The summed E-state index contributed by atoms with van der Waals surface area (Å²) in [6.07, 6.45) is 4.72. The van der Waals surface area contributed by atoms with Gasteiger partial charge in [0.15, 0.2) is 0 Å². The molecule has 2 heterocycles. The number of nitrogens with one attached hydrogen (secondary N) is 1. The van der Waals surface area contributed by atoms with Crippen molar-refractivity contribution >= 4 is 6.41 Å². The zero-order valence-electron chi connectivity index (χ0n) is 11.4. The molecule has 20 heavy (non-hydrogen) atoms. The average Bonchev–Trinajstić information content (AvgIpc) is 3.15. The van der Waals surface area contributed by atoms with Crippen LogP contribution in [0.2, 0.25) is 0 Å². The Balaban J connectivity index is 1.84. The van der Waals surface area contributed by atoms with Crippen molar-refractivity contribution < 1.29 is 9.53 Å². The second-order valence-electron chi connectivity index (χ2n) is 4.91. The number of aromatic amines is 1. The maximum atomic E-state index is 11.0. The van der Waals surface area contributed by atoms with E-state index in [2.05, 4.69) is 9.97 Å². The molecule has 2 aromatic rings. The standard InChI is InChI=1S/C15H17N3O2/c1-20-12-6-4-11(5-7-12)13-9-16-15(17-13)14-3-2-8-18(14)10-19/h4-7,9-10,14H,2-3,8H2,1H3,(H,16,17). The van der Waals surface area contributed by atoms with Crippen LogP contribution in [0.5, 0.6) is 5.75 Å². The number of methoxy groups -OCH3 is 1. The minimum atomic E-state index is 0.0829. The molecule has 0 radical (unpaired) electrons. The lowest BCUT2D eigenvalue weighted by atomic mass is 10.1. The van der Waals surface area contributed by atoms with Crippen LogP contribution in [-0.4, -0.2) is 34.9 Å². The van der Waals surface area contributed by atoms with E-state index >= 15 is 0 Å². The SMILES string of the molecule is COc1ccc(-c2cnc(C3CCCN3C=O)[nH]2)cc1.